The van der Waals surface area contributed by atoms with E-state index in [-0.39, 0.29) is 29.8 Å². The Labute approximate surface area is 240 Å². The fourth-order valence-electron chi connectivity index (χ4n) is 6.14. The number of fused-ring (bicyclic) bond motifs is 2. The van der Waals surface area contributed by atoms with Crippen LogP contribution in [0.4, 0.5) is 4.39 Å². The summed E-state index contributed by atoms with van der Waals surface area (Å²) in [6.45, 7) is 6.45. The zero-order valence-electron chi connectivity index (χ0n) is 23.7. The summed E-state index contributed by atoms with van der Waals surface area (Å²) in [5.41, 5.74) is 6.30. The van der Waals surface area contributed by atoms with E-state index in [1.54, 1.807) is 12.1 Å². The molecule has 0 amide bonds. The highest BCUT2D eigenvalue weighted by molar-refractivity contribution is 7.90. The Morgan fingerprint density at radius 1 is 1.12 bits per heavy atom. The van der Waals surface area contributed by atoms with Gasteiger partial charge in [-0.15, -0.1) is 0 Å². The highest BCUT2D eigenvalue weighted by Crippen LogP contribution is 2.45. The number of carboxylic acids is 1. The normalized spacial score (nSPS) is 18.4. The van der Waals surface area contributed by atoms with Gasteiger partial charge >= 0.3 is 5.97 Å². The molecule has 1 N–H and O–H groups in total. The van der Waals surface area contributed by atoms with Crippen LogP contribution in [0.3, 0.4) is 0 Å². The monoisotopic (exact) mass is 582 g/mol. The predicted molar refractivity (Wildman–Crippen MR) is 154 cm³/mol. The van der Waals surface area contributed by atoms with Gasteiger partial charge in [-0.25, -0.2) is 12.8 Å². The van der Waals surface area contributed by atoms with Gasteiger partial charge in [-0.05, 0) is 78.8 Å². The lowest BCUT2D eigenvalue weighted by atomic mass is 9.90. The summed E-state index contributed by atoms with van der Waals surface area (Å²) in [7, 11) is -3.08. The molecule has 9 heteroatoms. The first kappa shape index (κ1) is 28.9. The average Bonchev–Trinajstić information content (AvgIpc) is 3.47. The Morgan fingerprint density at radius 3 is 2.54 bits per heavy atom. The molecular weight excluding hydrogens is 547 g/mol. The number of hydrogen-bond acceptors (Lipinski definition) is 6. The number of sulfone groups is 1. The number of aliphatic carboxylic acids is 1. The van der Waals surface area contributed by atoms with Gasteiger partial charge in [-0.3, -0.25) is 4.79 Å². The molecule has 1 unspecified atom stereocenters. The van der Waals surface area contributed by atoms with Crippen LogP contribution >= 0.6 is 0 Å². The second kappa shape index (κ2) is 11.4. The largest absolute Gasteiger partial charge is 0.493 e. The maximum Gasteiger partial charge on any atom is 0.304 e. The third-order valence-electron chi connectivity index (χ3n) is 7.74. The molecule has 1 aliphatic carbocycles. The van der Waals surface area contributed by atoms with Gasteiger partial charge in [0.05, 0.1) is 25.4 Å². The van der Waals surface area contributed by atoms with E-state index >= 15 is 4.39 Å². The van der Waals surface area contributed by atoms with Crippen LogP contribution in [0.25, 0.3) is 11.1 Å². The van der Waals surface area contributed by atoms with Gasteiger partial charge in [-0.2, -0.15) is 0 Å². The molecule has 0 saturated carbocycles. The van der Waals surface area contributed by atoms with E-state index in [4.69, 9.17) is 19.3 Å². The van der Waals surface area contributed by atoms with Crippen LogP contribution in [0, 0.1) is 25.6 Å². The van der Waals surface area contributed by atoms with Crippen molar-refractivity contribution < 1.29 is 36.9 Å². The van der Waals surface area contributed by atoms with Crippen molar-refractivity contribution in [1.82, 2.24) is 0 Å². The SMILES string of the molecule is Cc1cc(OC[C@H](C)CS(C)(=O)=O)cc(C)c1-c1ccc(F)c2c1CCC2Oc1ccc2c(c1)OC[C@H]2CC(=O)O. The zero-order valence-corrected chi connectivity index (χ0v) is 24.5. The standard InChI is InChI=1S/C32H35FO7S/c1-18(17-41(4,36)37)15-38-23-11-19(2)31(20(3)12-23)25-7-9-27(33)32-26(25)8-10-28(32)40-22-5-6-24-21(13-30(34)35)16-39-29(24)14-22/h5-7,9,11-12,14,18,21,28H,8,10,13,15-17H2,1-4H3,(H,34,35)/t18-,21+,28?/m0/s1. The van der Waals surface area contributed by atoms with Crippen LogP contribution < -0.4 is 14.2 Å². The Bertz CT molecular complexity index is 1570. The quantitative estimate of drug-likeness (QED) is 0.305. The molecule has 5 rings (SSSR count). The summed E-state index contributed by atoms with van der Waals surface area (Å²) in [5, 5.41) is 9.15. The molecule has 7 nitrogen and oxygen atoms in total. The van der Waals surface area contributed by atoms with Gasteiger partial charge in [0.25, 0.3) is 0 Å². The van der Waals surface area contributed by atoms with Crippen molar-refractivity contribution in [3.63, 3.8) is 0 Å². The molecular formula is C32H35FO7S. The van der Waals surface area contributed by atoms with E-state index < -0.39 is 21.9 Å². The van der Waals surface area contributed by atoms with Gasteiger partial charge in [-0.1, -0.05) is 19.1 Å². The first-order valence-corrected chi connectivity index (χ1v) is 15.8. The first-order valence-electron chi connectivity index (χ1n) is 13.8. The number of hydrogen-bond donors (Lipinski definition) is 1. The van der Waals surface area contributed by atoms with Gasteiger partial charge in [0.2, 0.25) is 0 Å². The van der Waals surface area contributed by atoms with Crippen LogP contribution in [-0.4, -0.2) is 44.7 Å². The van der Waals surface area contributed by atoms with Crippen molar-refractivity contribution in [2.75, 3.05) is 25.2 Å². The lowest BCUT2D eigenvalue weighted by molar-refractivity contribution is -0.137. The number of carboxylic acid groups (broad SMARTS) is 1. The number of carbonyl (C=O) groups is 1. The second-order valence-corrected chi connectivity index (χ2v) is 13.6. The number of ether oxygens (including phenoxy) is 3. The highest BCUT2D eigenvalue weighted by Gasteiger charge is 2.32. The zero-order chi connectivity index (χ0) is 29.5. The van der Waals surface area contributed by atoms with E-state index in [1.807, 2.05) is 45.0 Å². The Morgan fingerprint density at radius 2 is 1.85 bits per heavy atom. The van der Waals surface area contributed by atoms with Gasteiger partial charge in [0, 0.05) is 35.3 Å². The van der Waals surface area contributed by atoms with Crippen LogP contribution in [0.2, 0.25) is 0 Å². The summed E-state index contributed by atoms with van der Waals surface area (Å²) in [5.74, 6) is 0.412. The minimum absolute atomic E-state index is 0.00539. The van der Waals surface area contributed by atoms with E-state index in [0.717, 1.165) is 33.4 Å². The molecule has 0 fully saturated rings. The minimum atomic E-state index is -3.08. The molecule has 0 bridgehead atoms. The lowest BCUT2D eigenvalue weighted by Crippen LogP contribution is -2.18. The fourth-order valence-corrected chi connectivity index (χ4v) is 7.27. The smallest absolute Gasteiger partial charge is 0.304 e. The van der Waals surface area contributed by atoms with Crippen molar-refractivity contribution in [1.29, 1.82) is 0 Å². The van der Waals surface area contributed by atoms with E-state index in [9.17, 15) is 13.2 Å². The summed E-state index contributed by atoms with van der Waals surface area (Å²) in [6.07, 6.45) is 2.06. The number of aryl methyl sites for hydroxylation is 2. The number of rotatable bonds is 10. The third kappa shape index (κ3) is 6.35. The van der Waals surface area contributed by atoms with Crippen LogP contribution in [0.15, 0.2) is 42.5 Å². The molecule has 0 aromatic heterocycles. The Hall–Kier alpha value is -3.59. The number of benzene rings is 3. The van der Waals surface area contributed by atoms with Crippen LogP contribution in [0.5, 0.6) is 17.2 Å². The molecule has 1 aliphatic heterocycles. The molecule has 3 aromatic carbocycles. The van der Waals surface area contributed by atoms with E-state index in [0.29, 0.717) is 48.9 Å². The summed E-state index contributed by atoms with van der Waals surface area (Å²) < 4.78 is 56.4. The minimum Gasteiger partial charge on any atom is -0.493 e. The highest BCUT2D eigenvalue weighted by atomic mass is 32.2. The second-order valence-electron chi connectivity index (χ2n) is 11.4. The molecule has 0 radical (unpaired) electrons. The van der Waals surface area contributed by atoms with Gasteiger partial charge in [0.1, 0.15) is 39.0 Å². The first-order chi connectivity index (χ1) is 19.4. The predicted octanol–water partition coefficient (Wildman–Crippen LogP) is 6.19. The molecule has 3 aromatic rings. The average molecular weight is 583 g/mol. The molecule has 218 valence electrons. The van der Waals surface area contributed by atoms with Crippen molar-refractivity contribution in [2.45, 2.75) is 52.1 Å². The van der Waals surface area contributed by atoms with Gasteiger partial charge < -0.3 is 19.3 Å². The summed E-state index contributed by atoms with van der Waals surface area (Å²) in [6, 6.07) is 12.6. The topological polar surface area (TPSA) is 99.1 Å². The van der Waals surface area contributed by atoms with Crippen molar-refractivity contribution >= 4 is 15.8 Å². The third-order valence-corrected chi connectivity index (χ3v) is 8.92. The fraction of sp³-hybridized carbons (Fsp3) is 0.406. The Balaban J connectivity index is 1.37. The van der Waals surface area contributed by atoms with Crippen LogP contribution in [-0.2, 0) is 21.1 Å². The van der Waals surface area contributed by atoms with E-state index in [1.165, 1.54) is 12.3 Å². The molecule has 1 heterocycles. The molecule has 41 heavy (non-hydrogen) atoms. The maximum absolute atomic E-state index is 15.3. The van der Waals surface area contributed by atoms with Crippen molar-refractivity contribution in [3.8, 4) is 28.4 Å². The molecule has 0 spiro atoms. The summed E-state index contributed by atoms with van der Waals surface area (Å²) in [4.78, 5) is 11.2. The van der Waals surface area contributed by atoms with Gasteiger partial charge in [0.15, 0.2) is 0 Å². The molecule has 0 saturated heterocycles. The molecule has 2 aliphatic rings. The summed E-state index contributed by atoms with van der Waals surface area (Å²) >= 11 is 0. The van der Waals surface area contributed by atoms with Crippen molar-refractivity contribution in [2.24, 2.45) is 5.92 Å². The van der Waals surface area contributed by atoms with Crippen LogP contribution in [0.1, 0.15) is 59.6 Å². The van der Waals surface area contributed by atoms with Crippen molar-refractivity contribution in [3.05, 3.63) is 76.1 Å². The van der Waals surface area contributed by atoms with E-state index in [2.05, 4.69) is 0 Å². The Kier molecular flexibility index (Phi) is 8.01. The lowest BCUT2D eigenvalue weighted by Gasteiger charge is -2.19. The molecule has 3 atom stereocenters. The number of halogens is 1. The maximum atomic E-state index is 15.3.